The van der Waals surface area contributed by atoms with Crippen LogP contribution in [0.2, 0.25) is 15.1 Å². The first-order valence-corrected chi connectivity index (χ1v) is 10.9. The van der Waals surface area contributed by atoms with Gasteiger partial charge in [0.1, 0.15) is 0 Å². The summed E-state index contributed by atoms with van der Waals surface area (Å²) in [5, 5.41) is 3.92. The number of carbonyl (C=O) groups excluding carboxylic acids is 1. The summed E-state index contributed by atoms with van der Waals surface area (Å²) in [6, 6.07) is 16.8. The van der Waals surface area contributed by atoms with E-state index in [9.17, 15) is 13.2 Å². The molecule has 0 atom stereocenters. The molecule has 0 bridgehead atoms. The Bertz CT molecular complexity index is 1150. The minimum Gasteiger partial charge on any atom is -0.321 e. The number of hydrogen-bond acceptors (Lipinski definition) is 3. The van der Waals surface area contributed by atoms with Crippen molar-refractivity contribution in [3.05, 3.63) is 87.4 Å². The lowest BCUT2D eigenvalue weighted by molar-refractivity contribution is 0.102. The van der Waals surface area contributed by atoms with Crippen molar-refractivity contribution in [3.63, 3.8) is 0 Å². The van der Waals surface area contributed by atoms with E-state index in [0.29, 0.717) is 32.0 Å². The molecule has 0 unspecified atom stereocenters. The van der Waals surface area contributed by atoms with E-state index in [2.05, 4.69) is 5.32 Å². The Labute approximate surface area is 183 Å². The summed E-state index contributed by atoms with van der Waals surface area (Å²) in [4.78, 5) is 12.6. The summed E-state index contributed by atoms with van der Waals surface area (Å²) in [6.07, 6.45) is 0. The van der Waals surface area contributed by atoms with Crippen LogP contribution >= 0.6 is 34.8 Å². The van der Waals surface area contributed by atoms with Crippen molar-refractivity contribution in [1.29, 1.82) is 0 Å². The molecule has 0 spiro atoms. The predicted molar refractivity (Wildman–Crippen MR) is 118 cm³/mol. The number of carbonyl (C=O) groups is 1. The second-order valence-electron chi connectivity index (χ2n) is 6.05. The molecule has 0 radical (unpaired) electrons. The monoisotopic (exact) mass is 468 g/mol. The van der Waals surface area contributed by atoms with Crippen molar-refractivity contribution in [2.24, 2.45) is 0 Å². The van der Waals surface area contributed by atoms with Crippen molar-refractivity contribution in [2.45, 2.75) is 4.90 Å². The first-order valence-electron chi connectivity index (χ1n) is 8.29. The zero-order valence-corrected chi connectivity index (χ0v) is 18.1. The van der Waals surface area contributed by atoms with E-state index < -0.39 is 15.9 Å². The van der Waals surface area contributed by atoms with Crippen LogP contribution in [0.3, 0.4) is 0 Å². The lowest BCUT2D eigenvalue weighted by Crippen LogP contribution is -2.26. The van der Waals surface area contributed by atoms with E-state index in [4.69, 9.17) is 34.8 Å². The number of halogens is 3. The van der Waals surface area contributed by atoms with Crippen LogP contribution in [-0.2, 0) is 10.0 Å². The molecule has 0 aromatic heterocycles. The molecular weight excluding hydrogens is 455 g/mol. The topological polar surface area (TPSA) is 66.5 Å². The SMILES string of the molecule is CN(c1ccc(C(=O)Nc2cc(Cl)ccc2Cl)cc1)S(=O)(=O)c1ccc(Cl)cc1. The predicted octanol–water partition coefficient (Wildman–Crippen LogP) is 5.72. The number of nitrogens with zero attached hydrogens (tertiary/aromatic N) is 1. The second kappa shape index (κ2) is 8.63. The van der Waals surface area contributed by atoms with Gasteiger partial charge < -0.3 is 5.32 Å². The number of benzene rings is 3. The third kappa shape index (κ3) is 4.85. The highest BCUT2D eigenvalue weighted by Gasteiger charge is 2.21. The van der Waals surface area contributed by atoms with E-state index in [1.807, 2.05) is 0 Å². The zero-order valence-electron chi connectivity index (χ0n) is 15.1. The number of sulfonamides is 1. The molecule has 0 aliphatic rings. The fourth-order valence-corrected chi connectivity index (χ4v) is 4.17. The largest absolute Gasteiger partial charge is 0.321 e. The average Bonchev–Trinajstić information content (AvgIpc) is 2.70. The zero-order chi connectivity index (χ0) is 21.2. The van der Waals surface area contributed by atoms with Crippen LogP contribution in [0.1, 0.15) is 10.4 Å². The van der Waals surface area contributed by atoms with E-state index in [1.54, 1.807) is 30.3 Å². The van der Waals surface area contributed by atoms with Gasteiger partial charge in [0.05, 0.1) is 21.3 Å². The van der Waals surface area contributed by atoms with E-state index in [1.165, 1.54) is 43.4 Å². The molecule has 1 amide bonds. The lowest BCUT2D eigenvalue weighted by atomic mass is 10.2. The molecule has 5 nitrogen and oxygen atoms in total. The van der Waals surface area contributed by atoms with Gasteiger partial charge in [0.15, 0.2) is 0 Å². The maximum Gasteiger partial charge on any atom is 0.264 e. The maximum absolute atomic E-state index is 12.7. The highest BCUT2D eigenvalue weighted by atomic mass is 35.5. The first kappa shape index (κ1) is 21.5. The van der Waals surface area contributed by atoms with Gasteiger partial charge in [0, 0.05) is 22.7 Å². The summed E-state index contributed by atoms with van der Waals surface area (Å²) >= 11 is 17.8. The van der Waals surface area contributed by atoms with Crippen molar-refractivity contribution in [3.8, 4) is 0 Å². The second-order valence-corrected chi connectivity index (χ2v) is 9.30. The van der Waals surface area contributed by atoms with Gasteiger partial charge in [0.2, 0.25) is 0 Å². The number of nitrogens with one attached hydrogen (secondary N) is 1. The van der Waals surface area contributed by atoms with Crippen molar-refractivity contribution in [1.82, 2.24) is 0 Å². The molecule has 9 heteroatoms. The number of hydrogen-bond donors (Lipinski definition) is 1. The van der Waals surface area contributed by atoms with Gasteiger partial charge in [-0.1, -0.05) is 34.8 Å². The Kier molecular flexibility index (Phi) is 6.39. The van der Waals surface area contributed by atoms with E-state index in [-0.39, 0.29) is 4.90 Å². The fourth-order valence-electron chi connectivity index (χ4n) is 2.51. The Balaban J connectivity index is 1.79. The molecule has 3 rings (SSSR count). The number of rotatable bonds is 5. The Morgan fingerprint density at radius 2 is 1.45 bits per heavy atom. The maximum atomic E-state index is 12.7. The molecule has 29 heavy (non-hydrogen) atoms. The third-order valence-corrected chi connectivity index (χ3v) is 6.76. The number of amides is 1. The Morgan fingerprint density at radius 3 is 2.07 bits per heavy atom. The molecule has 0 fully saturated rings. The van der Waals surface area contributed by atoms with Gasteiger partial charge in [-0.25, -0.2) is 8.42 Å². The fraction of sp³-hybridized carbons (Fsp3) is 0.0500. The van der Waals surface area contributed by atoms with Crippen LogP contribution in [-0.4, -0.2) is 21.4 Å². The third-order valence-electron chi connectivity index (χ3n) is 4.14. The summed E-state index contributed by atoms with van der Waals surface area (Å²) in [5.41, 5.74) is 1.12. The molecule has 3 aromatic rings. The standard InChI is InChI=1S/C20H15Cl3N2O3S/c1-25(29(27,28)17-9-4-14(21)5-10-17)16-7-2-13(3-8-16)20(26)24-19-12-15(22)6-11-18(19)23/h2-12H,1H3,(H,24,26). The van der Waals surface area contributed by atoms with Crippen LogP contribution < -0.4 is 9.62 Å². The molecule has 3 aromatic carbocycles. The van der Waals surface area contributed by atoms with Gasteiger partial charge in [-0.2, -0.15) is 0 Å². The van der Waals surface area contributed by atoms with Gasteiger partial charge >= 0.3 is 0 Å². The van der Waals surface area contributed by atoms with E-state index >= 15 is 0 Å². The van der Waals surface area contributed by atoms with E-state index in [0.717, 1.165) is 4.31 Å². The van der Waals surface area contributed by atoms with Crippen LogP contribution in [0, 0.1) is 0 Å². The summed E-state index contributed by atoms with van der Waals surface area (Å²) in [5.74, 6) is -0.399. The van der Waals surface area contributed by atoms with Crippen LogP contribution in [0.4, 0.5) is 11.4 Å². The van der Waals surface area contributed by atoms with Gasteiger partial charge in [-0.3, -0.25) is 9.10 Å². The number of anilines is 2. The highest BCUT2D eigenvalue weighted by molar-refractivity contribution is 7.92. The van der Waals surface area contributed by atoms with Gasteiger partial charge in [0.25, 0.3) is 15.9 Å². The Morgan fingerprint density at radius 1 is 0.862 bits per heavy atom. The summed E-state index contributed by atoms with van der Waals surface area (Å²) in [6.45, 7) is 0. The van der Waals surface area contributed by atoms with Crippen LogP contribution in [0.15, 0.2) is 71.6 Å². The Hall–Kier alpha value is -2.25. The molecule has 0 aliphatic carbocycles. The van der Waals surface area contributed by atoms with Gasteiger partial charge in [-0.05, 0) is 66.7 Å². The minimum atomic E-state index is -3.76. The average molecular weight is 470 g/mol. The highest BCUT2D eigenvalue weighted by Crippen LogP contribution is 2.27. The molecule has 1 N–H and O–H groups in total. The minimum absolute atomic E-state index is 0.113. The molecule has 0 aliphatic heterocycles. The molecule has 150 valence electrons. The van der Waals surface area contributed by atoms with Crippen molar-refractivity contribution in [2.75, 3.05) is 16.7 Å². The molecule has 0 saturated heterocycles. The normalized spacial score (nSPS) is 11.2. The smallest absolute Gasteiger partial charge is 0.264 e. The molecule has 0 heterocycles. The summed E-state index contributed by atoms with van der Waals surface area (Å²) in [7, 11) is -2.32. The van der Waals surface area contributed by atoms with Crippen molar-refractivity contribution >= 4 is 62.1 Å². The van der Waals surface area contributed by atoms with Crippen molar-refractivity contribution < 1.29 is 13.2 Å². The quantitative estimate of drug-likeness (QED) is 0.519. The molecular formula is C20H15Cl3N2O3S. The molecule has 0 saturated carbocycles. The first-order chi connectivity index (χ1) is 13.7. The summed E-state index contributed by atoms with van der Waals surface area (Å²) < 4.78 is 26.6. The lowest BCUT2D eigenvalue weighted by Gasteiger charge is -2.20. The van der Waals surface area contributed by atoms with Gasteiger partial charge in [-0.15, -0.1) is 0 Å². The van der Waals surface area contributed by atoms with Crippen LogP contribution in [0.5, 0.6) is 0 Å². The van der Waals surface area contributed by atoms with Crippen LogP contribution in [0.25, 0.3) is 0 Å².